The van der Waals surface area contributed by atoms with Crippen molar-refractivity contribution >= 4 is 27.5 Å². The number of rotatable bonds is 8. The molecule has 1 rings (SSSR count). The number of nitrogens with zero attached hydrogens (tertiary/aromatic N) is 2. The van der Waals surface area contributed by atoms with Gasteiger partial charge in [0.05, 0.1) is 45.6 Å². The van der Waals surface area contributed by atoms with Gasteiger partial charge in [0.1, 0.15) is 6.54 Å². The third kappa shape index (κ3) is 12.1. The number of aliphatic imine (C=N–C) groups is 1. The zero-order chi connectivity index (χ0) is 20.3. The number of halogens is 3. The fourth-order valence-corrected chi connectivity index (χ4v) is 1.65. The molecule has 0 spiro atoms. The summed E-state index contributed by atoms with van der Waals surface area (Å²) in [6.45, 7) is 4.09. The van der Waals surface area contributed by atoms with Crippen molar-refractivity contribution < 1.29 is 35.4 Å². The predicted octanol–water partition coefficient (Wildman–Crippen LogP) is 2.43. The van der Waals surface area contributed by atoms with E-state index in [2.05, 4.69) is 48.6 Å². The molecular weight excluding hydrogens is 393 g/mol. The predicted molar refractivity (Wildman–Crippen MR) is 93.6 cm³/mol. The van der Waals surface area contributed by atoms with Gasteiger partial charge in [0.2, 0.25) is 0 Å². The summed E-state index contributed by atoms with van der Waals surface area (Å²) in [5.41, 5.74) is -4.43. The molecule has 26 heavy (non-hydrogen) atoms. The van der Waals surface area contributed by atoms with Crippen molar-refractivity contribution in [1.29, 1.82) is 0 Å². The molecule has 0 fully saturated rings. The van der Waals surface area contributed by atoms with Gasteiger partial charge in [0.25, 0.3) is 0 Å². The van der Waals surface area contributed by atoms with E-state index < -0.39 is 15.6 Å². The SMILES string of the molecule is C[N+](C)(CCN=C=S)CCOCc1ccccc1.O=S(=O)([O-])C(F)(F)F. The van der Waals surface area contributed by atoms with Crippen molar-refractivity contribution in [2.24, 2.45) is 4.99 Å². The van der Waals surface area contributed by atoms with E-state index in [4.69, 9.17) is 17.7 Å². The van der Waals surface area contributed by atoms with Gasteiger partial charge in [-0.2, -0.15) is 13.2 Å². The van der Waals surface area contributed by atoms with Gasteiger partial charge in [-0.1, -0.05) is 30.3 Å². The van der Waals surface area contributed by atoms with Crippen LogP contribution in [0.5, 0.6) is 0 Å². The van der Waals surface area contributed by atoms with Crippen molar-refractivity contribution in [1.82, 2.24) is 0 Å². The van der Waals surface area contributed by atoms with Crippen molar-refractivity contribution in [3.63, 3.8) is 0 Å². The van der Waals surface area contributed by atoms with E-state index in [1.165, 1.54) is 5.56 Å². The number of alkyl halides is 3. The number of hydrogen-bond acceptors (Lipinski definition) is 6. The van der Waals surface area contributed by atoms with Gasteiger partial charge in [-0.3, -0.25) is 0 Å². The summed E-state index contributed by atoms with van der Waals surface area (Å²) in [5.74, 6) is 0. The molecule has 0 aromatic heterocycles. The number of thiocarbonyl (C=S) groups is 1. The van der Waals surface area contributed by atoms with E-state index in [0.717, 1.165) is 30.7 Å². The topological polar surface area (TPSA) is 78.8 Å². The molecule has 0 aliphatic rings. The lowest BCUT2D eigenvalue weighted by Gasteiger charge is -2.28. The zero-order valence-corrected chi connectivity index (χ0v) is 16.0. The van der Waals surface area contributed by atoms with Gasteiger partial charge in [0.15, 0.2) is 10.1 Å². The van der Waals surface area contributed by atoms with E-state index >= 15 is 0 Å². The summed E-state index contributed by atoms with van der Waals surface area (Å²) in [5, 5.41) is 2.40. The lowest BCUT2D eigenvalue weighted by atomic mass is 10.2. The molecule has 1 aromatic carbocycles. The van der Waals surface area contributed by atoms with Crippen molar-refractivity contribution in [3.8, 4) is 0 Å². The second-order valence-corrected chi connectivity index (χ2v) is 7.35. The molecule has 0 atom stereocenters. The first kappa shape index (κ1) is 24.6. The Bertz CT molecular complexity index is 674. The molecule has 0 heterocycles. The molecule has 11 heteroatoms. The summed E-state index contributed by atoms with van der Waals surface area (Å²) in [4.78, 5) is 3.94. The van der Waals surface area contributed by atoms with Crippen LogP contribution in [0.4, 0.5) is 13.2 Å². The Kier molecular flexibility index (Phi) is 10.8. The van der Waals surface area contributed by atoms with Gasteiger partial charge >= 0.3 is 5.51 Å². The number of isothiocyanates is 1. The zero-order valence-electron chi connectivity index (χ0n) is 14.4. The summed E-state index contributed by atoms with van der Waals surface area (Å²) in [7, 11) is -1.75. The first-order valence-electron chi connectivity index (χ1n) is 7.38. The summed E-state index contributed by atoms with van der Waals surface area (Å²) < 4.78 is 65.5. The maximum atomic E-state index is 10.7. The fourth-order valence-electron chi connectivity index (χ4n) is 1.55. The second-order valence-electron chi connectivity index (χ2n) is 5.79. The number of ether oxygens (including phenoxy) is 1. The van der Waals surface area contributed by atoms with Gasteiger partial charge in [-0.15, -0.1) is 0 Å². The van der Waals surface area contributed by atoms with Crippen LogP contribution < -0.4 is 0 Å². The summed E-state index contributed by atoms with van der Waals surface area (Å²) >= 11 is 4.55. The molecule has 0 saturated heterocycles. The minimum Gasteiger partial charge on any atom is -0.741 e. The molecule has 0 amide bonds. The molecule has 0 aliphatic heterocycles. The quantitative estimate of drug-likeness (QED) is 0.163. The van der Waals surface area contributed by atoms with E-state index in [1.807, 2.05) is 18.2 Å². The second kappa shape index (κ2) is 11.4. The summed E-state index contributed by atoms with van der Waals surface area (Å²) in [6, 6.07) is 10.2. The number of hydrogen-bond donors (Lipinski definition) is 0. The van der Waals surface area contributed by atoms with Crippen LogP contribution in [-0.4, -0.2) is 68.5 Å². The first-order chi connectivity index (χ1) is 11.9. The highest BCUT2D eigenvalue weighted by Gasteiger charge is 2.36. The van der Waals surface area contributed by atoms with Crippen molar-refractivity contribution in [2.45, 2.75) is 12.1 Å². The van der Waals surface area contributed by atoms with Crippen molar-refractivity contribution in [3.05, 3.63) is 35.9 Å². The maximum Gasteiger partial charge on any atom is 0.485 e. The number of likely N-dealkylation sites (N-methyl/N-ethyl adjacent to an activating group) is 1. The highest BCUT2D eigenvalue weighted by molar-refractivity contribution is 7.86. The van der Waals surface area contributed by atoms with E-state index in [0.29, 0.717) is 6.61 Å². The maximum absolute atomic E-state index is 10.7. The molecule has 6 nitrogen and oxygen atoms in total. The molecule has 0 N–H and O–H groups in total. The number of quaternary nitrogens is 1. The molecular formula is C15H21F3N2O4S2. The normalized spacial score (nSPS) is 11.9. The van der Waals surface area contributed by atoms with Crippen LogP contribution >= 0.6 is 12.2 Å². The van der Waals surface area contributed by atoms with Crippen LogP contribution in [0.2, 0.25) is 0 Å². The Morgan fingerprint density at radius 3 is 2.23 bits per heavy atom. The van der Waals surface area contributed by atoms with E-state index in [9.17, 15) is 13.2 Å². The highest BCUT2D eigenvalue weighted by Crippen LogP contribution is 2.20. The average Bonchev–Trinajstić information content (AvgIpc) is 2.51. The Morgan fingerprint density at radius 2 is 1.77 bits per heavy atom. The molecule has 0 bridgehead atoms. The van der Waals surface area contributed by atoms with Crippen LogP contribution in [-0.2, 0) is 21.5 Å². The van der Waals surface area contributed by atoms with Crippen LogP contribution in [0, 0.1) is 0 Å². The van der Waals surface area contributed by atoms with Crippen LogP contribution in [0.15, 0.2) is 35.3 Å². The lowest BCUT2D eigenvalue weighted by molar-refractivity contribution is -0.889. The molecule has 148 valence electrons. The fraction of sp³-hybridized carbons (Fsp3) is 0.533. The number of benzene rings is 1. The van der Waals surface area contributed by atoms with E-state index in [-0.39, 0.29) is 0 Å². The Labute approximate surface area is 156 Å². The van der Waals surface area contributed by atoms with Gasteiger partial charge < -0.3 is 13.8 Å². The molecule has 0 radical (unpaired) electrons. The van der Waals surface area contributed by atoms with Crippen LogP contribution in [0.3, 0.4) is 0 Å². The third-order valence-corrected chi connectivity index (χ3v) is 3.81. The Hall–Kier alpha value is -1.36. The molecule has 1 aromatic rings. The minimum absolute atomic E-state index is 0.679. The molecule has 0 saturated carbocycles. The van der Waals surface area contributed by atoms with Crippen molar-refractivity contribution in [2.75, 3.05) is 40.3 Å². The smallest absolute Gasteiger partial charge is 0.485 e. The minimum atomic E-state index is -6.09. The first-order valence-corrected chi connectivity index (χ1v) is 9.20. The Morgan fingerprint density at radius 1 is 1.23 bits per heavy atom. The monoisotopic (exact) mass is 414 g/mol. The van der Waals surface area contributed by atoms with Gasteiger partial charge in [-0.05, 0) is 17.8 Å². The summed E-state index contributed by atoms with van der Waals surface area (Å²) in [6.07, 6.45) is 0. The Balaban J connectivity index is 0.000000660. The third-order valence-electron chi connectivity index (χ3n) is 3.12. The van der Waals surface area contributed by atoms with Crippen LogP contribution in [0.1, 0.15) is 5.56 Å². The van der Waals surface area contributed by atoms with E-state index in [1.54, 1.807) is 0 Å². The standard InChI is InChI=1S/C14H21N2OS.CHF3O3S/c1-16(2,9-8-15-13-18)10-11-17-12-14-6-4-3-5-7-14;2-1(3,4)8(5,6)7/h3-7H,8-12H2,1-2H3;(H,5,6,7)/q+1;/p-1. The molecule has 0 aliphatic carbocycles. The van der Waals surface area contributed by atoms with Crippen LogP contribution in [0.25, 0.3) is 0 Å². The highest BCUT2D eigenvalue weighted by atomic mass is 32.2. The van der Waals surface area contributed by atoms with Gasteiger partial charge in [-0.25, -0.2) is 13.4 Å². The molecule has 0 unspecified atom stereocenters. The lowest BCUT2D eigenvalue weighted by Crippen LogP contribution is -2.44. The van der Waals surface area contributed by atoms with Gasteiger partial charge in [0, 0.05) is 0 Å². The largest absolute Gasteiger partial charge is 0.741 e. The average molecular weight is 414 g/mol.